The Bertz CT molecular complexity index is 322. The minimum atomic E-state index is -0.977. The maximum Gasteiger partial charge on any atom is 0.407 e. The van der Waals surface area contributed by atoms with Gasteiger partial charge in [0.1, 0.15) is 12.2 Å². The lowest BCUT2D eigenvalue weighted by Gasteiger charge is -2.28. The minimum Gasteiger partial charge on any atom is -0.453 e. The summed E-state index contributed by atoms with van der Waals surface area (Å²) in [4.78, 5) is 25.0. The number of ether oxygens (including phenoxy) is 1. The molecule has 5 nitrogen and oxygen atoms in total. The monoisotopic (exact) mass is 260 g/mol. The van der Waals surface area contributed by atoms with Crippen molar-refractivity contribution in [3.63, 3.8) is 0 Å². The van der Waals surface area contributed by atoms with Crippen molar-refractivity contribution in [1.82, 2.24) is 10.2 Å². The van der Waals surface area contributed by atoms with Crippen LogP contribution < -0.4 is 5.32 Å². The quantitative estimate of drug-likeness (QED) is 0.832. The van der Waals surface area contributed by atoms with Crippen LogP contribution in [0.15, 0.2) is 0 Å². The van der Waals surface area contributed by atoms with Crippen LogP contribution in [0.4, 0.5) is 9.18 Å². The zero-order valence-corrected chi connectivity index (χ0v) is 11.3. The molecule has 0 spiro atoms. The molecule has 18 heavy (non-hydrogen) atoms. The van der Waals surface area contributed by atoms with E-state index in [1.54, 1.807) is 0 Å². The van der Waals surface area contributed by atoms with E-state index >= 15 is 0 Å². The third-order valence-electron chi connectivity index (χ3n) is 3.20. The number of carbonyl (C=O) groups is 2. The van der Waals surface area contributed by atoms with Crippen LogP contribution in [0, 0.1) is 5.92 Å². The largest absolute Gasteiger partial charge is 0.453 e. The number of alkyl halides is 1. The van der Waals surface area contributed by atoms with Gasteiger partial charge in [-0.25, -0.2) is 9.18 Å². The van der Waals surface area contributed by atoms with Crippen molar-refractivity contribution in [2.24, 2.45) is 5.92 Å². The second-order valence-electron chi connectivity index (χ2n) is 5.03. The Morgan fingerprint density at radius 2 is 2.06 bits per heavy atom. The molecule has 0 radical (unpaired) electrons. The number of amides is 2. The molecule has 104 valence electrons. The molecule has 1 N–H and O–H groups in total. The van der Waals surface area contributed by atoms with E-state index in [1.807, 2.05) is 20.8 Å². The average molecular weight is 260 g/mol. The minimum absolute atomic E-state index is 0.0811. The summed E-state index contributed by atoms with van der Waals surface area (Å²) in [7, 11) is 1.24. The Morgan fingerprint density at radius 3 is 2.44 bits per heavy atom. The smallest absolute Gasteiger partial charge is 0.407 e. The number of nitrogens with zero attached hydrogens (tertiary/aromatic N) is 1. The third kappa shape index (κ3) is 3.34. The van der Waals surface area contributed by atoms with E-state index in [1.165, 1.54) is 12.0 Å². The number of hydrogen-bond acceptors (Lipinski definition) is 3. The van der Waals surface area contributed by atoms with Crippen LogP contribution in [-0.4, -0.2) is 48.8 Å². The highest BCUT2D eigenvalue weighted by Crippen LogP contribution is 2.22. The van der Waals surface area contributed by atoms with Crippen molar-refractivity contribution in [2.75, 3.05) is 13.7 Å². The summed E-state index contributed by atoms with van der Waals surface area (Å²) in [5.74, 6) is -0.328. The van der Waals surface area contributed by atoms with Crippen LogP contribution in [0.1, 0.15) is 27.2 Å². The number of likely N-dealkylation sites (tertiary alicyclic amines) is 1. The number of halogens is 1. The maximum atomic E-state index is 13.3. The number of carbonyl (C=O) groups excluding carboxylic acids is 2. The van der Waals surface area contributed by atoms with Crippen molar-refractivity contribution in [2.45, 2.75) is 45.4 Å². The molecule has 1 saturated heterocycles. The summed E-state index contributed by atoms with van der Waals surface area (Å²) in [6, 6.07) is -0.807. The fraction of sp³-hybridized carbons (Fsp3) is 0.833. The number of nitrogens with one attached hydrogen (secondary N) is 1. The first kappa shape index (κ1) is 14.7. The normalized spacial score (nSPS) is 25.1. The molecule has 0 aromatic heterocycles. The van der Waals surface area contributed by atoms with Crippen LogP contribution in [0.5, 0.6) is 0 Å². The first-order valence-electron chi connectivity index (χ1n) is 6.15. The van der Waals surface area contributed by atoms with Crippen molar-refractivity contribution in [1.29, 1.82) is 0 Å². The van der Waals surface area contributed by atoms with Crippen LogP contribution in [0.3, 0.4) is 0 Å². The van der Waals surface area contributed by atoms with E-state index in [4.69, 9.17) is 0 Å². The van der Waals surface area contributed by atoms with Gasteiger partial charge in [-0.2, -0.15) is 0 Å². The number of rotatable bonds is 3. The molecule has 1 heterocycles. The van der Waals surface area contributed by atoms with Gasteiger partial charge in [0.05, 0.1) is 13.7 Å². The predicted molar refractivity (Wildman–Crippen MR) is 64.9 cm³/mol. The Kier molecular flexibility index (Phi) is 4.93. The van der Waals surface area contributed by atoms with Gasteiger partial charge in [0.15, 0.2) is 0 Å². The van der Waals surface area contributed by atoms with Gasteiger partial charge in [0.25, 0.3) is 0 Å². The highest BCUT2D eigenvalue weighted by atomic mass is 19.1. The lowest BCUT2D eigenvalue weighted by atomic mass is 10.0. The zero-order valence-electron chi connectivity index (χ0n) is 11.3. The van der Waals surface area contributed by atoms with Gasteiger partial charge < -0.3 is 15.0 Å². The van der Waals surface area contributed by atoms with E-state index in [0.29, 0.717) is 6.42 Å². The lowest BCUT2D eigenvalue weighted by Crippen LogP contribution is -2.52. The molecule has 1 aliphatic rings. The molecule has 0 aliphatic carbocycles. The van der Waals surface area contributed by atoms with E-state index in [2.05, 4.69) is 10.1 Å². The molecule has 0 unspecified atom stereocenters. The molecule has 1 aliphatic heterocycles. The predicted octanol–water partition coefficient (Wildman–Crippen LogP) is 1.33. The second-order valence-corrected chi connectivity index (χ2v) is 5.03. The Balaban J connectivity index is 2.74. The topological polar surface area (TPSA) is 58.6 Å². The summed E-state index contributed by atoms with van der Waals surface area (Å²) in [6.45, 7) is 5.57. The van der Waals surface area contributed by atoms with E-state index in [9.17, 15) is 14.0 Å². The van der Waals surface area contributed by atoms with Crippen molar-refractivity contribution < 1.29 is 18.7 Å². The molecule has 6 heteroatoms. The van der Waals surface area contributed by atoms with Crippen LogP contribution >= 0.6 is 0 Å². The van der Waals surface area contributed by atoms with Gasteiger partial charge in [-0.15, -0.1) is 0 Å². The Labute approximate surface area is 107 Å². The average Bonchev–Trinajstić information content (AvgIpc) is 2.63. The van der Waals surface area contributed by atoms with Gasteiger partial charge in [0.2, 0.25) is 5.91 Å². The summed E-state index contributed by atoms with van der Waals surface area (Å²) >= 11 is 0. The van der Waals surface area contributed by atoms with Gasteiger partial charge in [-0.05, 0) is 12.8 Å². The summed E-state index contributed by atoms with van der Waals surface area (Å²) < 4.78 is 17.8. The highest BCUT2D eigenvalue weighted by Gasteiger charge is 2.37. The van der Waals surface area contributed by atoms with E-state index in [-0.39, 0.29) is 24.4 Å². The molecular weight excluding hydrogens is 239 g/mol. The highest BCUT2D eigenvalue weighted by molar-refractivity contribution is 5.86. The molecule has 0 saturated carbocycles. The second kappa shape index (κ2) is 6.02. The molecular formula is C12H21FN2O3. The van der Waals surface area contributed by atoms with E-state index in [0.717, 1.165) is 0 Å². The molecule has 0 aromatic carbocycles. The molecule has 0 aromatic rings. The molecule has 1 fully saturated rings. The van der Waals surface area contributed by atoms with Gasteiger partial charge >= 0.3 is 6.09 Å². The van der Waals surface area contributed by atoms with Crippen LogP contribution in [-0.2, 0) is 9.53 Å². The molecule has 1 rings (SSSR count). The zero-order chi connectivity index (χ0) is 13.9. The molecule has 3 atom stereocenters. The van der Waals surface area contributed by atoms with Crippen LogP contribution in [0.25, 0.3) is 0 Å². The van der Waals surface area contributed by atoms with Gasteiger partial charge in [-0.1, -0.05) is 13.8 Å². The first-order valence-corrected chi connectivity index (χ1v) is 6.15. The van der Waals surface area contributed by atoms with Gasteiger partial charge in [0, 0.05) is 12.5 Å². The Morgan fingerprint density at radius 1 is 1.44 bits per heavy atom. The van der Waals surface area contributed by atoms with E-state index < -0.39 is 18.3 Å². The van der Waals surface area contributed by atoms with Crippen molar-refractivity contribution >= 4 is 12.0 Å². The number of alkyl carbamates (subject to hydrolysis) is 1. The van der Waals surface area contributed by atoms with Crippen molar-refractivity contribution in [3.05, 3.63) is 0 Å². The first-order chi connectivity index (χ1) is 8.36. The third-order valence-corrected chi connectivity index (χ3v) is 3.20. The van der Waals surface area contributed by atoms with Crippen molar-refractivity contribution in [3.8, 4) is 0 Å². The fourth-order valence-corrected chi connectivity index (χ4v) is 2.15. The SMILES string of the molecule is COC(=O)N[C@H](C(=O)N1C[C@H](F)C[C@H]1C)C(C)C. The number of methoxy groups -OCH3 is 1. The number of hydrogen-bond donors (Lipinski definition) is 1. The standard InChI is InChI=1S/C12H21FN2O3/c1-7(2)10(14-12(17)18-4)11(16)15-6-9(13)5-8(15)3/h7-10H,5-6H2,1-4H3,(H,14,17)/t8-,9-,10+/m1/s1. The maximum absolute atomic E-state index is 13.3. The Hall–Kier alpha value is -1.33. The summed E-state index contributed by atoms with van der Waals surface area (Å²) in [5.41, 5.74) is 0. The van der Waals surface area contributed by atoms with Gasteiger partial charge in [-0.3, -0.25) is 4.79 Å². The molecule has 0 bridgehead atoms. The lowest BCUT2D eigenvalue weighted by molar-refractivity contribution is -0.135. The summed E-state index contributed by atoms with van der Waals surface area (Å²) in [5, 5.41) is 2.50. The summed E-state index contributed by atoms with van der Waals surface area (Å²) in [6.07, 6.45) is -1.27. The fourth-order valence-electron chi connectivity index (χ4n) is 2.15. The van der Waals surface area contributed by atoms with Crippen LogP contribution in [0.2, 0.25) is 0 Å². The molecule has 2 amide bonds.